The van der Waals surface area contributed by atoms with Crippen molar-refractivity contribution in [3.63, 3.8) is 0 Å². The van der Waals surface area contributed by atoms with E-state index in [0.717, 1.165) is 40.7 Å². The molecular weight excluding hydrogens is 511 g/mol. The van der Waals surface area contributed by atoms with Gasteiger partial charge in [-0.05, 0) is 67.4 Å². The van der Waals surface area contributed by atoms with Crippen molar-refractivity contribution in [2.45, 2.75) is 19.9 Å². The first kappa shape index (κ1) is 24.9. The van der Waals surface area contributed by atoms with Crippen molar-refractivity contribution >= 4 is 51.3 Å². The number of hydrogen-bond donors (Lipinski definition) is 1. The summed E-state index contributed by atoms with van der Waals surface area (Å²) in [5.41, 5.74) is 4.73. The second kappa shape index (κ2) is 10.4. The zero-order chi connectivity index (χ0) is 26.9. The van der Waals surface area contributed by atoms with Gasteiger partial charge < -0.3 is 9.30 Å². The number of ether oxygens (including phenoxy) is 1. The Morgan fingerprint density at radius 3 is 2.62 bits per heavy atom. The summed E-state index contributed by atoms with van der Waals surface area (Å²) in [6, 6.07) is 22.1. The molecule has 0 fully saturated rings. The summed E-state index contributed by atoms with van der Waals surface area (Å²) in [7, 11) is 0. The van der Waals surface area contributed by atoms with Crippen molar-refractivity contribution in [2.24, 2.45) is 4.99 Å². The molecule has 3 aromatic carbocycles. The summed E-state index contributed by atoms with van der Waals surface area (Å²) >= 11 is 1.28. The first-order valence-corrected chi connectivity index (χ1v) is 13.5. The molecule has 6 nitrogen and oxygen atoms in total. The predicted molar refractivity (Wildman–Crippen MR) is 155 cm³/mol. The van der Waals surface area contributed by atoms with Gasteiger partial charge >= 0.3 is 0 Å². The highest BCUT2D eigenvalue weighted by molar-refractivity contribution is 8.17. The lowest BCUT2D eigenvalue weighted by molar-refractivity contribution is -0.114. The van der Waals surface area contributed by atoms with Crippen LogP contribution in [0, 0.1) is 18.2 Å². The SMILES string of the molecule is Cc1ccc(OCCCn2cc(C=C3C(=N)N4C(c5ccc(F)cc5)=CSC4=NC3=O)c3ccccc32)cc1. The van der Waals surface area contributed by atoms with E-state index in [1.54, 1.807) is 23.1 Å². The fourth-order valence-electron chi connectivity index (χ4n) is 4.72. The van der Waals surface area contributed by atoms with Crippen LogP contribution in [0.25, 0.3) is 22.7 Å². The van der Waals surface area contributed by atoms with Crippen LogP contribution in [-0.2, 0) is 11.3 Å². The van der Waals surface area contributed by atoms with Crippen molar-refractivity contribution in [2.75, 3.05) is 6.61 Å². The van der Waals surface area contributed by atoms with E-state index >= 15 is 0 Å². The van der Waals surface area contributed by atoms with E-state index in [9.17, 15) is 9.18 Å². The van der Waals surface area contributed by atoms with Crippen molar-refractivity contribution in [1.82, 2.24) is 9.47 Å². The lowest BCUT2D eigenvalue weighted by atomic mass is 10.1. The average molecular weight is 537 g/mol. The van der Waals surface area contributed by atoms with Crippen LogP contribution in [0.4, 0.5) is 4.39 Å². The minimum atomic E-state index is -0.448. The van der Waals surface area contributed by atoms with Crippen LogP contribution in [0.1, 0.15) is 23.1 Å². The Morgan fingerprint density at radius 1 is 1.05 bits per heavy atom. The van der Waals surface area contributed by atoms with Crippen LogP contribution < -0.4 is 4.74 Å². The van der Waals surface area contributed by atoms with Crippen LogP contribution in [0.5, 0.6) is 5.75 Å². The number of amides is 1. The number of amidine groups is 2. The van der Waals surface area contributed by atoms with Crippen molar-refractivity contribution in [3.05, 3.63) is 112 Å². The van der Waals surface area contributed by atoms with Crippen molar-refractivity contribution in [1.29, 1.82) is 5.41 Å². The highest BCUT2D eigenvalue weighted by Crippen LogP contribution is 2.38. The normalized spacial score (nSPS) is 16.1. The number of benzene rings is 3. The van der Waals surface area contributed by atoms with E-state index < -0.39 is 5.91 Å². The summed E-state index contributed by atoms with van der Waals surface area (Å²) in [4.78, 5) is 18.9. The number of nitrogens with zero attached hydrogens (tertiary/aromatic N) is 3. The van der Waals surface area contributed by atoms with Crippen molar-refractivity contribution in [3.8, 4) is 5.75 Å². The molecule has 0 unspecified atom stereocenters. The van der Waals surface area contributed by atoms with Gasteiger partial charge in [-0.15, -0.1) is 0 Å². The molecule has 4 aromatic rings. The Kier molecular flexibility index (Phi) is 6.62. The van der Waals surface area contributed by atoms with E-state index in [1.807, 2.05) is 61.0 Å². The molecule has 39 heavy (non-hydrogen) atoms. The fraction of sp³-hybridized carbons (Fsp3) is 0.129. The van der Waals surface area contributed by atoms with Gasteiger partial charge in [0, 0.05) is 34.6 Å². The molecule has 0 atom stereocenters. The second-order valence-electron chi connectivity index (χ2n) is 9.38. The Bertz CT molecular complexity index is 1680. The number of nitrogens with one attached hydrogen (secondary N) is 1. The van der Waals surface area contributed by atoms with Gasteiger partial charge in [0.05, 0.1) is 17.9 Å². The molecule has 0 aliphatic carbocycles. The summed E-state index contributed by atoms with van der Waals surface area (Å²) in [6.07, 6.45) is 4.57. The van der Waals surface area contributed by atoms with E-state index in [2.05, 4.69) is 15.6 Å². The highest BCUT2D eigenvalue weighted by atomic mass is 32.2. The summed E-state index contributed by atoms with van der Waals surface area (Å²) in [5, 5.41) is 12.2. The quantitative estimate of drug-likeness (QED) is 0.207. The van der Waals surface area contributed by atoms with Crippen LogP contribution >= 0.6 is 11.8 Å². The zero-order valence-electron chi connectivity index (χ0n) is 21.2. The molecule has 0 radical (unpaired) electrons. The number of carbonyl (C=O) groups excluding carboxylic acids is 1. The third-order valence-corrected chi connectivity index (χ3v) is 7.53. The number of carbonyl (C=O) groups is 1. The Morgan fingerprint density at radius 2 is 1.82 bits per heavy atom. The molecule has 0 spiro atoms. The second-order valence-corrected chi connectivity index (χ2v) is 10.2. The maximum atomic E-state index is 13.5. The Labute approximate surface area is 229 Å². The molecule has 194 valence electrons. The van der Waals surface area contributed by atoms with Gasteiger partial charge in [0.15, 0.2) is 5.17 Å². The number of rotatable bonds is 7. The van der Waals surface area contributed by atoms with Crippen LogP contribution in [0.2, 0.25) is 0 Å². The highest BCUT2D eigenvalue weighted by Gasteiger charge is 2.36. The number of para-hydroxylation sites is 1. The zero-order valence-corrected chi connectivity index (χ0v) is 22.0. The van der Waals surface area contributed by atoms with Crippen LogP contribution in [0.3, 0.4) is 0 Å². The molecular formula is C31H25FN4O2S. The topological polar surface area (TPSA) is 70.7 Å². The van der Waals surface area contributed by atoms with E-state index in [0.29, 0.717) is 17.5 Å². The molecule has 0 saturated carbocycles. The number of thioether (sulfide) groups is 1. The first-order valence-electron chi connectivity index (χ1n) is 12.6. The number of aryl methyl sites for hydroxylation is 2. The number of fused-ring (bicyclic) bond motifs is 2. The lowest BCUT2D eigenvalue weighted by Crippen LogP contribution is -2.38. The molecule has 8 heteroatoms. The minimum Gasteiger partial charge on any atom is -0.494 e. The third-order valence-electron chi connectivity index (χ3n) is 6.71. The van der Waals surface area contributed by atoms with Gasteiger partial charge in [0.1, 0.15) is 17.4 Å². The molecule has 6 rings (SSSR count). The van der Waals surface area contributed by atoms with E-state index in [4.69, 9.17) is 10.1 Å². The van der Waals surface area contributed by atoms with Crippen LogP contribution in [-0.4, -0.2) is 33.0 Å². The predicted octanol–water partition coefficient (Wildman–Crippen LogP) is 6.86. The molecule has 1 amide bonds. The third kappa shape index (κ3) is 4.91. The van der Waals surface area contributed by atoms with Gasteiger partial charge in [-0.25, -0.2) is 4.39 Å². The number of hydrogen-bond acceptors (Lipinski definition) is 4. The standard InChI is InChI=1S/C31H25FN4O2S/c1-20-7-13-24(14-8-20)38-16-4-15-35-18-22(25-5-2-3-6-27(25)35)17-26-29(33)36-28(19-39-31(36)34-30(26)37)21-9-11-23(32)12-10-21/h2-3,5-14,17-19,33H,4,15-16H2,1H3. The number of aliphatic imine (C=N–C) groups is 1. The van der Waals surface area contributed by atoms with Crippen LogP contribution in [0.15, 0.2) is 95.0 Å². The largest absolute Gasteiger partial charge is 0.494 e. The lowest BCUT2D eigenvalue weighted by Gasteiger charge is -2.26. The Balaban J connectivity index is 1.25. The molecule has 3 heterocycles. The molecule has 1 aromatic heterocycles. The van der Waals surface area contributed by atoms with Gasteiger partial charge in [-0.2, -0.15) is 4.99 Å². The van der Waals surface area contributed by atoms with Gasteiger partial charge in [-0.1, -0.05) is 47.7 Å². The Hall–Kier alpha value is -4.43. The van der Waals surface area contributed by atoms with E-state index in [1.165, 1.54) is 29.5 Å². The summed E-state index contributed by atoms with van der Waals surface area (Å²) in [6.45, 7) is 3.37. The average Bonchev–Trinajstić information content (AvgIpc) is 3.52. The van der Waals surface area contributed by atoms with Gasteiger partial charge in [-0.3, -0.25) is 15.1 Å². The number of halogens is 1. The van der Waals surface area contributed by atoms with Gasteiger partial charge in [0.2, 0.25) is 0 Å². The maximum absolute atomic E-state index is 13.5. The summed E-state index contributed by atoms with van der Waals surface area (Å²) in [5.74, 6) is 0.123. The molecule has 2 aliphatic heterocycles. The minimum absolute atomic E-state index is 0.0499. The molecule has 0 saturated heterocycles. The maximum Gasteiger partial charge on any atom is 0.283 e. The van der Waals surface area contributed by atoms with Crippen molar-refractivity contribution < 1.29 is 13.9 Å². The monoisotopic (exact) mass is 536 g/mol. The first-order chi connectivity index (χ1) is 19.0. The van der Waals surface area contributed by atoms with Gasteiger partial charge in [0.25, 0.3) is 5.91 Å². The van der Waals surface area contributed by atoms with E-state index in [-0.39, 0.29) is 17.2 Å². The fourth-order valence-corrected chi connectivity index (χ4v) is 5.61. The molecule has 1 N–H and O–H groups in total. The smallest absolute Gasteiger partial charge is 0.283 e. The number of aromatic nitrogens is 1. The summed E-state index contributed by atoms with van der Waals surface area (Å²) < 4.78 is 21.5. The molecule has 0 bridgehead atoms. The molecule has 2 aliphatic rings.